The van der Waals surface area contributed by atoms with E-state index in [9.17, 15) is 4.39 Å². The first-order valence-corrected chi connectivity index (χ1v) is 5.24. The number of fused-ring (bicyclic) bond motifs is 1. The van der Waals surface area contributed by atoms with E-state index in [-0.39, 0.29) is 12.4 Å². The van der Waals surface area contributed by atoms with Crippen LogP contribution in [0.15, 0.2) is 30.5 Å². The van der Waals surface area contributed by atoms with Gasteiger partial charge in [-0.1, -0.05) is 0 Å². The summed E-state index contributed by atoms with van der Waals surface area (Å²) in [7, 11) is 0. The lowest BCUT2D eigenvalue weighted by molar-refractivity contribution is 0.0875. The lowest BCUT2D eigenvalue weighted by atomic mass is 10.2. The number of aromatic nitrogens is 1. The third-order valence-corrected chi connectivity index (χ3v) is 2.45. The second kappa shape index (κ2) is 5.09. The highest BCUT2D eigenvalue weighted by molar-refractivity contribution is 5.80. The molecule has 0 radical (unpaired) electrons. The standard InChI is InChI=1S/C12H14FNO2/c13-11-2-1-10-3-4-14(12(10)9-11)5-7-16-8-6-15/h1-4,9,15H,5-8H2. The Morgan fingerprint density at radius 2 is 2.12 bits per heavy atom. The third-order valence-electron chi connectivity index (χ3n) is 2.45. The number of aliphatic hydroxyl groups is 1. The van der Waals surface area contributed by atoms with E-state index < -0.39 is 0 Å². The van der Waals surface area contributed by atoms with E-state index in [1.54, 1.807) is 6.07 Å². The summed E-state index contributed by atoms with van der Waals surface area (Å²) in [6.45, 7) is 1.54. The SMILES string of the molecule is OCCOCCn1ccc2ccc(F)cc21. The van der Waals surface area contributed by atoms with Crippen molar-refractivity contribution in [3.05, 3.63) is 36.3 Å². The van der Waals surface area contributed by atoms with Gasteiger partial charge in [0.2, 0.25) is 0 Å². The molecule has 0 amide bonds. The number of benzene rings is 1. The fourth-order valence-corrected chi connectivity index (χ4v) is 1.68. The summed E-state index contributed by atoms with van der Waals surface area (Å²) in [4.78, 5) is 0. The average Bonchev–Trinajstić information content (AvgIpc) is 2.67. The van der Waals surface area contributed by atoms with Gasteiger partial charge in [-0.15, -0.1) is 0 Å². The molecule has 16 heavy (non-hydrogen) atoms. The summed E-state index contributed by atoms with van der Waals surface area (Å²) in [5, 5.41) is 9.57. The van der Waals surface area contributed by atoms with Crippen molar-refractivity contribution >= 4 is 10.9 Å². The Hall–Kier alpha value is -1.39. The van der Waals surface area contributed by atoms with Crippen molar-refractivity contribution in [1.29, 1.82) is 0 Å². The van der Waals surface area contributed by atoms with E-state index in [2.05, 4.69) is 0 Å². The Balaban J connectivity index is 2.09. The maximum Gasteiger partial charge on any atom is 0.125 e. The molecule has 0 atom stereocenters. The van der Waals surface area contributed by atoms with Crippen molar-refractivity contribution in [1.82, 2.24) is 4.57 Å². The Kier molecular flexibility index (Phi) is 3.54. The maximum atomic E-state index is 13.1. The molecule has 1 N–H and O–H groups in total. The van der Waals surface area contributed by atoms with Crippen LogP contribution in [0.4, 0.5) is 4.39 Å². The van der Waals surface area contributed by atoms with Crippen LogP contribution in [0.2, 0.25) is 0 Å². The number of hydrogen-bond donors (Lipinski definition) is 1. The predicted molar refractivity (Wildman–Crippen MR) is 59.8 cm³/mol. The van der Waals surface area contributed by atoms with E-state index in [1.807, 2.05) is 16.8 Å². The van der Waals surface area contributed by atoms with Crippen molar-refractivity contribution in [3.63, 3.8) is 0 Å². The molecule has 0 aliphatic carbocycles. The first kappa shape index (κ1) is 11.1. The number of nitrogens with zero attached hydrogens (tertiary/aromatic N) is 1. The van der Waals surface area contributed by atoms with Crippen molar-refractivity contribution in [2.45, 2.75) is 6.54 Å². The molecular formula is C12H14FNO2. The van der Waals surface area contributed by atoms with Gasteiger partial charge in [-0.3, -0.25) is 0 Å². The highest BCUT2D eigenvalue weighted by Crippen LogP contribution is 2.16. The quantitative estimate of drug-likeness (QED) is 0.784. The van der Waals surface area contributed by atoms with Gasteiger partial charge in [0.05, 0.1) is 25.3 Å². The Morgan fingerprint density at radius 1 is 1.25 bits per heavy atom. The average molecular weight is 223 g/mol. The van der Waals surface area contributed by atoms with Crippen molar-refractivity contribution < 1.29 is 14.2 Å². The molecule has 0 aliphatic rings. The highest BCUT2D eigenvalue weighted by atomic mass is 19.1. The van der Waals surface area contributed by atoms with Gasteiger partial charge in [0.25, 0.3) is 0 Å². The summed E-state index contributed by atoms with van der Waals surface area (Å²) in [5.41, 5.74) is 0.868. The van der Waals surface area contributed by atoms with Gasteiger partial charge < -0.3 is 14.4 Å². The zero-order valence-corrected chi connectivity index (χ0v) is 8.90. The Labute approximate surface area is 93.1 Å². The Morgan fingerprint density at radius 3 is 2.94 bits per heavy atom. The molecule has 2 aromatic rings. The zero-order valence-electron chi connectivity index (χ0n) is 8.90. The molecule has 0 saturated heterocycles. The summed E-state index contributed by atoms with van der Waals surface area (Å²) < 4.78 is 20.2. The number of aliphatic hydroxyl groups excluding tert-OH is 1. The van der Waals surface area contributed by atoms with E-state index in [4.69, 9.17) is 9.84 Å². The smallest absolute Gasteiger partial charge is 0.125 e. The molecule has 0 unspecified atom stereocenters. The largest absolute Gasteiger partial charge is 0.394 e. The van der Waals surface area contributed by atoms with Gasteiger partial charge >= 0.3 is 0 Å². The second-order valence-corrected chi connectivity index (χ2v) is 3.55. The van der Waals surface area contributed by atoms with Crippen molar-refractivity contribution in [2.75, 3.05) is 19.8 Å². The number of ether oxygens (including phenoxy) is 1. The van der Waals surface area contributed by atoms with Crippen LogP contribution in [-0.2, 0) is 11.3 Å². The third kappa shape index (κ3) is 2.40. The predicted octanol–water partition coefficient (Wildman–Crippen LogP) is 1.79. The fraction of sp³-hybridized carbons (Fsp3) is 0.333. The number of rotatable bonds is 5. The Bertz CT molecular complexity index is 467. The lowest BCUT2D eigenvalue weighted by Crippen LogP contribution is -2.07. The monoisotopic (exact) mass is 223 g/mol. The molecule has 0 spiro atoms. The summed E-state index contributed by atoms with van der Waals surface area (Å²) >= 11 is 0. The van der Waals surface area contributed by atoms with E-state index in [0.29, 0.717) is 19.8 Å². The summed E-state index contributed by atoms with van der Waals surface area (Å²) in [5.74, 6) is -0.233. The summed E-state index contributed by atoms with van der Waals surface area (Å²) in [6, 6.07) is 6.67. The van der Waals surface area contributed by atoms with Crippen LogP contribution in [-0.4, -0.2) is 29.5 Å². The molecule has 3 nitrogen and oxygen atoms in total. The molecule has 0 saturated carbocycles. The normalized spacial score (nSPS) is 11.1. The van der Waals surface area contributed by atoms with Crippen LogP contribution in [0.25, 0.3) is 10.9 Å². The minimum atomic E-state index is -0.233. The van der Waals surface area contributed by atoms with Gasteiger partial charge in [-0.05, 0) is 29.7 Å². The number of halogens is 1. The van der Waals surface area contributed by atoms with Crippen molar-refractivity contribution in [2.24, 2.45) is 0 Å². The van der Waals surface area contributed by atoms with E-state index in [0.717, 1.165) is 10.9 Å². The molecule has 1 heterocycles. The molecule has 0 fully saturated rings. The van der Waals surface area contributed by atoms with E-state index >= 15 is 0 Å². The van der Waals surface area contributed by atoms with Gasteiger partial charge in [0.1, 0.15) is 5.82 Å². The molecule has 86 valence electrons. The first-order chi connectivity index (χ1) is 7.81. The van der Waals surface area contributed by atoms with Crippen LogP contribution in [0.1, 0.15) is 0 Å². The molecule has 0 bridgehead atoms. The maximum absolute atomic E-state index is 13.1. The molecule has 4 heteroatoms. The topological polar surface area (TPSA) is 34.4 Å². The molecule has 0 aliphatic heterocycles. The van der Waals surface area contributed by atoms with Crippen LogP contribution >= 0.6 is 0 Å². The van der Waals surface area contributed by atoms with Crippen LogP contribution < -0.4 is 0 Å². The van der Waals surface area contributed by atoms with E-state index in [1.165, 1.54) is 12.1 Å². The minimum Gasteiger partial charge on any atom is -0.394 e. The highest BCUT2D eigenvalue weighted by Gasteiger charge is 2.01. The van der Waals surface area contributed by atoms with Gasteiger partial charge in [-0.25, -0.2) is 4.39 Å². The molecular weight excluding hydrogens is 209 g/mol. The first-order valence-electron chi connectivity index (χ1n) is 5.24. The molecule has 1 aromatic heterocycles. The van der Waals surface area contributed by atoms with Crippen LogP contribution in [0, 0.1) is 5.82 Å². The van der Waals surface area contributed by atoms with Gasteiger partial charge in [0.15, 0.2) is 0 Å². The minimum absolute atomic E-state index is 0.0288. The fourth-order valence-electron chi connectivity index (χ4n) is 1.68. The van der Waals surface area contributed by atoms with Gasteiger partial charge in [0, 0.05) is 12.7 Å². The summed E-state index contributed by atoms with van der Waals surface area (Å²) in [6.07, 6.45) is 1.91. The molecule has 2 rings (SSSR count). The second-order valence-electron chi connectivity index (χ2n) is 3.55. The van der Waals surface area contributed by atoms with Crippen LogP contribution in [0.3, 0.4) is 0 Å². The van der Waals surface area contributed by atoms with Gasteiger partial charge in [-0.2, -0.15) is 0 Å². The van der Waals surface area contributed by atoms with Crippen molar-refractivity contribution in [3.8, 4) is 0 Å². The molecule has 1 aromatic carbocycles. The lowest BCUT2D eigenvalue weighted by Gasteiger charge is -2.05. The van der Waals surface area contributed by atoms with Crippen LogP contribution in [0.5, 0.6) is 0 Å². The zero-order chi connectivity index (χ0) is 11.4. The number of hydrogen-bond acceptors (Lipinski definition) is 2.